The van der Waals surface area contributed by atoms with E-state index in [1.54, 1.807) is 49.1 Å². The SMILES string of the molecule is COc1ccc(OC)c2c(-n3c4nc(=O)[nH]c(=O)c-4nc4ccccc43)c3ccc(Cl)cc3nc12. The van der Waals surface area contributed by atoms with Crippen molar-refractivity contribution < 1.29 is 9.47 Å². The maximum absolute atomic E-state index is 12.8. The zero-order valence-electron chi connectivity index (χ0n) is 18.5. The lowest BCUT2D eigenvalue weighted by Gasteiger charge is -2.21. The summed E-state index contributed by atoms with van der Waals surface area (Å²) >= 11 is 6.32. The summed E-state index contributed by atoms with van der Waals surface area (Å²) in [5.41, 5.74) is 1.49. The van der Waals surface area contributed by atoms with E-state index in [1.165, 1.54) is 0 Å². The van der Waals surface area contributed by atoms with Crippen molar-refractivity contribution in [2.24, 2.45) is 0 Å². The zero-order chi connectivity index (χ0) is 24.3. The third kappa shape index (κ3) is 3.12. The summed E-state index contributed by atoms with van der Waals surface area (Å²) < 4.78 is 13.1. The number of benzene rings is 3. The first-order valence-corrected chi connectivity index (χ1v) is 10.9. The molecule has 3 aromatic carbocycles. The fraction of sp³-hybridized carbons (Fsp3) is 0.0800. The molecule has 0 fully saturated rings. The van der Waals surface area contributed by atoms with Crippen LogP contribution in [-0.2, 0) is 0 Å². The molecule has 0 atom stereocenters. The lowest BCUT2D eigenvalue weighted by Crippen LogP contribution is -2.28. The highest BCUT2D eigenvalue weighted by Crippen LogP contribution is 2.42. The molecule has 9 nitrogen and oxygen atoms in total. The Morgan fingerprint density at radius 2 is 1.66 bits per heavy atom. The van der Waals surface area contributed by atoms with Crippen molar-refractivity contribution in [3.8, 4) is 28.7 Å². The number of hydrogen-bond donors (Lipinski definition) is 1. The van der Waals surface area contributed by atoms with Crippen LogP contribution in [0.1, 0.15) is 0 Å². The van der Waals surface area contributed by atoms with E-state index < -0.39 is 11.2 Å². The van der Waals surface area contributed by atoms with Crippen LogP contribution in [0.5, 0.6) is 11.5 Å². The van der Waals surface area contributed by atoms with E-state index in [4.69, 9.17) is 26.1 Å². The normalized spacial score (nSPS) is 11.5. The van der Waals surface area contributed by atoms with Gasteiger partial charge < -0.3 is 9.47 Å². The van der Waals surface area contributed by atoms with Gasteiger partial charge in [0, 0.05) is 10.4 Å². The molecule has 0 unspecified atom stereocenters. The van der Waals surface area contributed by atoms with Gasteiger partial charge in [-0.2, -0.15) is 4.98 Å². The smallest absolute Gasteiger partial charge is 0.349 e. The number of aromatic nitrogens is 5. The second kappa shape index (κ2) is 7.78. The number of nitrogens with one attached hydrogen (secondary N) is 1. The van der Waals surface area contributed by atoms with Crippen LogP contribution in [0.25, 0.3) is 50.0 Å². The Hall–Kier alpha value is -4.50. The van der Waals surface area contributed by atoms with E-state index in [1.807, 2.05) is 24.3 Å². The molecule has 0 saturated heterocycles. The Morgan fingerprint density at radius 1 is 0.886 bits per heavy atom. The maximum Gasteiger partial charge on any atom is 0.349 e. The van der Waals surface area contributed by atoms with Crippen molar-refractivity contribution in [1.82, 2.24) is 24.5 Å². The summed E-state index contributed by atoms with van der Waals surface area (Å²) in [6, 6.07) is 16.2. The van der Waals surface area contributed by atoms with Crippen LogP contribution in [0, 0.1) is 0 Å². The van der Waals surface area contributed by atoms with Crippen molar-refractivity contribution in [2.45, 2.75) is 0 Å². The first-order valence-electron chi connectivity index (χ1n) is 10.6. The van der Waals surface area contributed by atoms with Gasteiger partial charge in [-0.3, -0.25) is 14.3 Å². The number of H-pyrrole nitrogens is 1. The predicted octanol–water partition coefficient (Wildman–Crippen LogP) is 3.95. The molecule has 0 spiro atoms. The largest absolute Gasteiger partial charge is 0.496 e. The fourth-order valence-electron chi connectivity index (χ4n) is 4.41. The van der Waals surface area contributed by atoms with E-state index in [-0.39, 0.29) is 11.5 Å². The highest BCUT2D eigenvalue weighted by atomic mass is 35.5. The van der Waals surface area contributed by atoms with Gasteiger partial charge in [-0.25, -0.2) is 14.8 Å². The van der Waals surface area contributed by atoms with Crippen LogP contribution in [0.4, 0.5) is 0 Å². The molecule has 1 aromatic heterocycles. The number of halogens is 1. The van der Waals surface area contributed by atoms with Crippen LogP contribution in [0.2, 0.25) is 5.02 Å². The van der Waals surface area contributed by atoms with Gasteiger partial charge in [0.2, 0.25) is 0 Å². The Balaban J connectivity index is 1.98. The molecule has 0 saturated carbocycles. The van der Waals surface area contributed by atoms with Gasteiger partial charge in [-0.15, -0.1) is 0 Å². The maximum atomic E-state index is 12.8. The third-order valence-electron chi connectivity index (χ3n) is 5.87. The highest BCUT2D eigenvalue weighted by molar-refractivity contribution is 6.31. The van der Waals surface area contributed by atoms with E-state index >= 15 is 0 Å². The molecule has 6 rings (SSSR count). The number of para-hydroxylation sites is 2. The lowest BCUT2D eigenvalue weighted by molar-refractivity contribution is 0.410. The molecule has 35 heavy (non-hydrogen) atoms. The van der Waals surface area contributed by atoms with Gasteiger partial charge in [0.1, 0.15) is 17.0 Å². The summed E-state index contributed by atoms with van der Waals surface area (Å²) in [4.78, 5) is 40.8. The Morgan fingerprint density at radius 3 is 2.46 bits per heavy atom. The Kier molecular flexibility index (Phi) is 4.68. The van der Waals surface area contributed by atoms with Crippen LogP contribution in [0.3, 0.4) is 0 Å². The van der Waals surface area contributed by atoms with E-state index in [0.29, 0.717) is 55.0 Å². The molecule has 0 aliphatic carbocycles. The number of hydrogen-bond acceptors (Lipinski definition) is 7. The van der Waals surface area contributed by atoms with Crippen molar-refractivity contribution in [3.05, 3.63) is 80.5 Å². The van der Waals surface area contributed by atoms with Crippen molar-refractivity contribution in [3.63, 3.8) is 0 Å². The molecule has 3 heterocycles. The van der Waals surface area contributed by atoms with Crippen molar-refractivity contribution in [2.75, 3.05) is 14.2 Å². The molecule has 0 bridgehead atoms. The monoisotopic (exact) mass is 485 g/mol. The highest BCUT2D eigenvalue weighted by Gasteiger charge is 2.25. The molecule has 0 amide bonds. The van der Waals surface area contributed by atoms with Gasteiger partial charge in [0.15, 0.2) is 11.5 Å². The first kappa shape index (κ1) is 21.1. The predicted molar refractivity (Wildman–Crippen MR) is 133 cm³/mol. The number of ether oxygens (including phenoxy) is 2. The number of rotatable bonds is 3. The third-order valence-corrected chi connectivity index (χ3v) is 6.11. The average Bonchev–Trinajstić information content (AvgIpc) is 2.85. The second-order valence-electron chi connectivity index (χ2n) is 7.79. The summed E-state index contributed by atoms with van der Waals surface area (Å²) in [5, 5.41) is 1.81. The Bertz CT molecular complexity index is 1900. The molecule has 0 radical (unpaired) electrons. The van der Waals surface area contributed by atoms with Gasteiger partial charge >= 0.3 is 5.69 Å². The molecular formula is C25H16ClN5O4. The molecule has 172 valence electrons. The number of methoxy groups -OCH3 is 2. The fourth-order valence-corrected chi connectivity index (χ4v) is 4.58. The van der Waals surface area contributed by atoms with Gasteiger partial charge in [-0.05, 0) is 42.5 Å². The molecular weight excluding hydrogens is 470 g/mol. The minimum Gasteiger partial charge on any atom is -0.496 e. The standard InChI is InChI=1S/C25H16ClN5O4/c1-34-17-9-10-18(35-2)20-19(17)22(13-8-7-12(26)11-15(13)28-20)31-16-6-4-3-5-14(16)27-21-23(31)29-25(33)30-24(21)32/h3-11H,1-2H3,(H,30,32,33). The van der Waals surface area contributed by atoms with Crippen LogP contribution >= 0.6 is 11.6 Å². The quantitative estimate of drug-likeness (QED) is 0.378. The minimum atomic E-state index is -0.774. The van der Waals surface area contributed by atoms with Gasteiger partial charge in [0.05, 0.1) is 41.8 Å². The molecule has 1 N–H and O–H groups in total. The summed E-state index contributed by atoms with van der Waals surface area (Å²) in [5.74, 6) is 1.14. The minimum absolute atomic E-state index is 0.0252. The molecule has 2 aliphatic heterocycles. The molecule has 10 heteroatoms. The molecule has 4 aromatic rings. The number of pyridine rings is 1. The summed E-state index contributed by atoms with van der Waals surface area (Å²) in [7, 11) is 3.11. The van der Waals surface area contributed by atoms with Crippen LogP contribution in [0.15, 0.2) is 64.2 Å². The van der Waals surface area contributed by atoms with Gasteiger partial charge in [0.25, 0.3) is 5.56 Å². The van der Waals surface area contributed by atoms with Crippen LogP contribution < -0.4 is 20.7 Å². The zero-order valence-corrected chi connectivity index (χ0v) is 19.3. The second-order valence-corrected chi connectivity index (χ2v) is 8.23. The number of aromatic amines is 1. The topological polar surface area (TPSA) is 112 Å². The first-order chi connectivity index (χ1) is 17.0. The lowest BCUT2D eigenvalue weighted by atomic mass is 10.0. The van der Waals surface area contributed by atoms with Gasteiger partial charge in [-0.1, -0.05) is 23.7 Å². The van der Waals surface area contributed by atoms with E-state index in [2.05, 4.69) is 15.0 Å². The Labute approximate surface area is 201 Å². The van der Waals surface area contributed by atoms with E-state index in [9.17, 15) is 9.59 Å². The van der Waals surface area contributed by atoms with Crippen molar-refractivity contribution >= 4 is 44.4 Å². The molecule has 2 aliphatic rings. The van der Waals surface area contributed by atoms with E-state index in [0.717, 1.165) is 0 Å². The summed E-state index contributed by atoms with van der Waals surface area (Å²) in [6.07, 6.45) is 0. The van der Waals surface area contributed by atoms with Crippen molar-refractivity contribution in [1.29, 1.82) is 0 Å². The van der Waals surface area contributed by atoms with Crippen LogP contribution in [-0.4, -0.2) is 38.7 Å². The number of nitrogens with zero attached hydrogens (tertiary/aromatic N) is 4. The average molecular weight is 486 g/mol. The summed E-state index contributed by atoms with van der Waals surface area (Å²) in [6.45, 7) is 0. The number of fused-ring (bicyclic) bond motifs is 4.